The van der Waals surface area contributed by atoms with Crippen molar-refractivity contribution in [2.24, 2.45) is 5.92 Å². The Hall–Kier alpha value is -1.78. The average molecular weight is 237 g/mol. The van der Waals surface area contributed by atoms with Gasteiger partial charge in [0.25, 0.3) is 5.69 Å². The van der Waals surface area contributed by atoms with E-state index in [0.29, 0.717) is 12.0 Å². The predicted octanol–water partition coefficient (Wildman–Crippen LogP) is 3.02. The van der Waals surface area contributed by atoms with Crippen LogP contribution in [0.3, 0.4) is 0 Å². The van der Waals surface area contributed by atoms with Crippen molar-refractivity contribution in [3.05, 3.63) is 28.3 Å². The number of hydrogen-bond acceptors (Lipinski definition) is 4. The molecule has 0 spiro atoms. The second kappa shape index (κ2) is 5.52. The Bertz CT molecular complexity index is 405. The molecule has 0 radical (unpaired) electrons. The van der Waals surface area contributed by atoms with E-state index >= 15 is 0 Å². The number of nitro groups is 1. The van der Waals surface area contributed by atoms with E-state index in [-0.39, 0.29) is 11.4 Å². The molecule has 3 N–H and O–H groups in total. The number of nitrogens with zero attached hydrogens (tertiary/aromatic N) is 1. The number of benzene rings is 1. The number of nitrogen functional groups attached to an aromatic ring is 1. The fraction of sp³-hybridized carbons (Fsp3) is 0.500. The number of nitrogens with one attached hydrogen (secondary N) is 1. The first-order chi connectivity index (χ1) is 7.90. The van der Waals surface area contributed by atoms with Crippen molar-refractivity contribution < 1.29 is 4.92 Å². The molecule has 0 amide bonds. The van der Waals surface area contributed by atoms with Gasteiger partial charge in [0.2, 0.25) is 0 Å². The van der Waals surface area contributed by atoms with Crippen LogP contribution in [0.25, 0.3) is 0 Å². The minimum Gasteiger partial charge on any atom is -0.393 e. The fourth-order valence-electron chi connectivity index (χ4n) is 1.86. The van der Waals surface area contributed by atoms with E-state index in [2.05, 4.69) is 26.1 Å². The molecule has 0 heterocycles. The van der Waals surface area contributed by atoms with E-state index < -0.39 is 4.92 Å². The summed E-state index contributed by atoms with van der Waals surface area (Å²) in [6.45, 7) is 6.39. The highest BCUT2D eigenvalue weighted by Gasteiger charge is 2.12. The van der Waals surface area contributed by atoms with Crippen molar-refractivity contribution in [3.63, 3.8) is 0 Å². The first kappa shape index (κ1) is 13.3. The van der Waals surface area contributed by atoms with Crippen molar-refractivity contribution in [1.82, 2.24) is 0 Å². The molecule has 0 fully saturated rings. The maximum Gasteiger partial charge on any atom is 0.292 e. The maximum absolute atomic E-state index is 10.6. The zero-order valence-electron chi connectivity index (χ0n) is 10.4. The smallest absolute Gasteiger partial charge is 0.292 e. The number of nitrogens with two attached hydrogens (primary N) is 1. The van der Waals surface area contributed by atoms with Gasteiger partial charge in [0.1, 0.15) is 5.69 Å². The summed E-state index contributed by atoms with van der Waals surface area (Å²) in [6.07, 6.45) is 1.04. The molecule has 0 saturated heterocycles. The predicted molar refractivity (Wildman–Crippen MR) is 70.0 cm³/mol. The quantitative estimate of drug-likeness (QED) is 0.468. The molecule has 94 valence electrons. The Kier molecular flexibility index (Phi) is 4.31. The molecule has 5 heteroatoms. The summed E-state index contributed by atoms with van der Waals surface area (Å²) < 4.78 is 0. The lowest BCUT2D eigenvalue weighted by atomic mass is 10.0. The van der Waals surface area contributed by atoms with Gasteiger partial charge < -0.3 is 11.1 Å². The van der Waals surface area contributed by atoms with E-state index in [1.165, 1.54) is 6.07 Å². The van der Waals surface area contributed by atoms with Crippen molar-refractivity contribution in [2.45, 2.75) is 33.2 Å². The van der Waals surface area contributed by atoms with Crippen LogP contribution in [0.1, 0.15) is 27.2 Å². The van der Waals surface area contributed by atoms with Gasteiger partial charge in [-0.2, -0.15) is 0 Å². The lowest BCUT2D eigenvalue weighted by Gasteiger charge is -2.17. The van der Waals surface area contributed by atoms with Crippen LogP contribution in [0.5, 0.6) is 0 Å². The molecule has 1 atom stereocenters. The molecule has 1 unspecified atom stereocenters. The Morgan fingerprint density at radius 3 is 2.53 bits per heavy atom. The van der Waals surface area contributed by atoms with Gasteiger partial charge >= 0.3 is 0 Å². The highest BCUT2D eigenvalue weighted by atomic mass is 16.6. The zero-order valence-corrected chi connectivity index (χ0v) is 10.4. The number of anilines is 2. The van der Waals surface area contributed by atoms with Crippen LogP contribution in [0.2, 0.25) is 0 Å². The van der Waals surface area contributed by atoms with Crippen LogP contribution in [0.4, 0.5) is 17.1 Å². The molecule has 0 saturated carbocycles. The van der Waals surface area contributed by atoms with Gasteiger partial charge in [-0.05, 0) is 31.4 Å². The van der Waals surface area contributed by atoms with Gasteiger partial charge in [-0.3, -0.25) is 10.1 Å². The number of nitro benzene ring substituents is 1. The van der Waals surface area contributed by atoms with Crippen LogP contribution >= 0.6 is 0 Å². The fourth-order valence-corrected chi connectivity index (χ4v) is 1.86. The molecule has 0 aliphatic rings. The normalized spacial score (nSPS) is 12.5. The largest absolute Gasteiger partial charge is 0.393 e. The molecule has 1 rings (SSSR count). The summed E-state index contributed by atoms with van der Waals surface area (Å²) in [5.74, 6) is 0.605. The third-order valence-corrected chi connectivity index (χ3v) is 2.46. The van der Waals surface area contributed by atoms with Crippen LogP contribution < -0.4 is 11.1 Å². The lowest BCUT2D eigenvalue weighted by molar-refractivity contribution is -0.383. The molecule has 0 aromatic heterocycles. The van der Waals surface area contributed by atoms with Gasteiger partial charge in [0, 0.05) is 17.8 Å². The van der Waals surface area contributed by atoms with Crippen LogP contribution in [-0.4, -0.2) is 11.0 Å². The van der Waals surface area contributed by atoms with E-state index in [1.54, 1.807) is 12.1 Å². The molecular formula is C12H19N3O2. The molecule has 17 heavy (non-hydrogen) atoms. The van der Waals surface area contributed by atoms with Crippen molar-refractivity contribution in [3.8, 4) is 0 Å². The summed E-state index contributed by atoms with van der Waals surface area (Å²) in [4.78, 5) is 10.1. The summed E-state index contributed by atoms with van der Waals surface area (Å²) in [5, 5.41) is 13.9. The maximum atomic E-state index is 10.6. The Morgan fingerprint density at radius 1 is 1.41 bits per heavy atom. The number of hydrogen-bond donors (Lipinski definition) is 2. The zero-order chi connectivity index (χ0) is 13.0. The molecule has 0 aliphatic carbocycles. The van der Waals surface area contributed by atoms with Crippen LogP contribution in [0.15, 0.2) is 18.2 Å². The Balaban J connectivity index is 2.74. The first-order valence-corrected chi connectivity index (χ1v) is 5.70. The van der Waals surface area contributed by atoms with Crippen molar-refractivity contribution in [2.75, 3.05) is 11.1 Å². The van der Waals surface area contributed by atoms with Crippen molar-refractivity contribution in [1.29, 1.82) is 0 Å². The summed E-state index contributed by atoms with van der Waals surface area (Å²) in [6, 6.07) is 5.04. The number of rotatable bonds is 5. The second-order valence-corrected chi connectivity index (χ2v) is 4.71. The minimum atomic E-state index is -0.476. The molecule has 1 aromatic carbocycles. The van der Waals surface area contributed by atoms with Gasteiger partial charge in [-0.1, -0.05) is 13.8 Å². The summed E-state index contributed by atoms with van der Waals surface area (Å²) >= 11 is 0. The summed E-state index contributed by atoms with van der Waals surface area (Å²) in [7, 11) is 0. The van der Waals surface area contributed by atoms with Gasteiger partial charge in [-0.25, -0.2) is 0 Å². The van der Waals surface area contributed by atoms with Crippen LogP contribution in [0, 0.1) is 16.0 Å². The average Bonchev–Trinajstić information content (AvgIpc) is 2.15. The monoisotopic (exact) mass is 237 g/mol. The molecular weight excluding hydrogens is 218 g/mol. The van der Waals surface area contributed by atoms with E-state index in [4.69, 9.17) is 5.73 Å². The highest BCUT2D eigenvalue weighted by Crippen LogP contribution is 2.25. The summed E-state index contributed by atoms with van der Waals surface area (Å²) in [5.41, 5.74) is 6.58. The highest BCUT2D eigenvalue weighted by molar-refractivity contribution is 5.65. The third-order valence-electron chi connectivity index (χ3n) is 2.46. The van der Waals surface area contributed by atoms with Gasteiger partial charge in [0.15, 0.2) is 0 Å². The third kappa shape index (κ3) is 3.94. The van der Waals surface area contributed by atoms with Crippen LogP contribution in [-0.2, 0) is 0 Å². The van der Waals surface area contributed by atoms with E-state index in [9.17, 15) is 10.1 Å². The van der Waals surface area contributed by atoms with E-state index in [1.807, 2.05) is 0 Å². The molecule has 0 bridgehead atoms. The Morgan fingerprint density at radius 2 is 2.06 bits per heavy atom. The molecule has 1 aromatic rings. The van der Waals surface area contributed by atoms with Crippen molar-refractivity contribution >= 4 is 17.1 Å². The second-order valence-electron chi connectivity index (χ2n) is 4.71. The first-order valence-electron chi connectivity index (χ1n) is 5.70. The minimum absolute atomic E-state index is 0.0490. The van der Waals surface area contributed by atoms with Gasteiger partial charge in [-0.15, -0.1) is 0 Å². The topological polar surface area (TPSA) is 81.2 Å². The van der Waals surface area contributed by atoms with E-state index in [0.717, 1.165) is 12.1 Å². The lowest BCUT2D eigenvalue weighted by Crippen LogP contribution is -2.17. The molecule has 5 nitrogen and oxygen atoms in total. The Labute approximate surface area is 101 Å². The molecule has 0 aliphatic heterocycles. The van der Waals surface area contributed by atoms with Gasteiger partial charge in [0.05, 0.1) is 4.92 Å². The standard InChI is InChI=1S/C12H19N3O2/c1-8(2)6-9(3)14-10-4-5-12(15(16)17)11(13)7-10/h4-5,7-9,14H,6,13H2,1-3H3. The SMILES string of the molecule is CC(C)CC(C)Nc1ccc([N+](=O)[O-])c(N)c1.